The second-order valence-electron chi connectivity index (χ2n) is 6.14. The second kappa shape index (κ2) is 9.72. The Morgan fingerprint density at radius 1 is 1.44 bits per heavy atom. The first-order valence-electron chi connectivity index (χ1n) is 8.44. The molecule has 0 atom stereocenters. The van der Waals surface area contributed by atoms with Gasteiger partial charge in [-0.25, -0.2) is 22.2 Å². The molecule has 0 aliphatic carbocycles. The number of halogens is 3. The average Bonchev–Trinajstić information content (AvgIpc) is 2.64. The number of carbonyl (C=O) groups excluding carboxylic acids is 1. The molecular formula is C16H22ClF2N3O4S. The highest BCUT2D eigenvalue weighted by atomic mass is 35.5. The standard InChI is InChI=1S/C16H22ClF2N3O4S/c1-26-10-9-21(11-14(18)19)16(23)12-4-7-22(8-5-12)27(24,25)13-3-2-6-20-15(13)17/h2-3,6,12,14H,4-5,7-11H2,1H3. The molecule has 1 aromatic rings. The number of ether oxygens (including phenoxy) is 1. The molecule has 0 spiro atoms. The van der Waals surface area contributed by atoms with Gasteiger partial charge >= 0.3 is 0 Å². The van der Waals surface area contributed by atoms with E-state index in [1.54, 1.807) is 0 Å². The number of sulfonamides is 1. The fourth-order valence-corrected chi connectivity index (χ4v) is 4.86. The van der Waals surface area contributed by atoms with E-state index in [9.17, 15) is 22.0 Å². The summed E-state index contributed by atoms with van der Waals surface area (Å²) in [6.07, 6.45) is -0.742. The lowest BCUT2D eigenvalue weighted by atomic mass is 9.96. The van der Waals surface area contributed by atoms with E-state index in [0.717, 1.165) is 4.90 Å². The predicted molar refractivity (Wildman–Crippen MR) is 95.2 cm³/mol. The first kappa shape index (κ1) is 21.9. The van der Waals surface area contributed by atoms with Crippen LogP contribution in [0.1, 0.15) is 12.8 Å². The first-order valence-corrected chi connectivity index (χ1v) is 10.3. The molecule has 2 heterocycles. The quantitative estimate of drug-likeness (QED) is 0.594. The molecule has 0 aromatic carbocycles. The SMILES string of the molecule is COCCN(CC(F)F)C(=O)C1CCN(S(=O)(=O)c2cccnc2Cl)CC1. The van der Waals surface area contributed by atoms with Crippen molar-refractivity contribution in [2.75, 3.05) is 39.9 Å². The molecule has 1 aliphatic rings. The third-order valence-corrected chi connectivity index (χ3v) is 6.72. The molecule has 0 saturated carbocycles. The Labute approximate surface area is 162 Å². The van der Waals surface area contributed by atoms with Gasteiger partial charge in [0.1, 0.15) is 10.0 Å². The minimum atomic E-state index is -3.82. The number of carbonyl (C=O) groups is 1. The second-order valence-corrected chi connectivity index (χ2v) is 8.40. The van der Waals surface area contributed by atoms with E-state index in [2.05, 4.69) is 4.98 Å². The number of amides is 1. The molecule has 11 heteroatoms. The summed E-state index contributed by atoms with van der Waals surface area (Å²) < 4.78 is 57.0. The van der Waals surface area contributed by atoms with Crippen molar-refractivity contribution in [2.45, 2.75) is 24.2 Å². The zero-order valence-electron chi connectivity index (χ0n) is 14.9. The third-order valence-electron chi connectivity index (χ3n) is 4.38. The van der Waals surface area contributed by atoms with Crippen molar-refractivity contribution in [1.29, 1.82) is 0 Å². The van der Waals surface area contributed by atoms with Crippen molar-refractivity contribution in [2.24, 2.45) is 5.92 Å². The highest BCUT2D eigenvalue weighted by Gasteiger charge is 2.35. The first-order chi connectivity index (χ1) is 12.8. The van der Waals surface area contributed by atoms with Crippen LogP contribution in [-0.2, 0) is 19.6 Å². The molecule has 0 N–H and O–H groups in total. The maximum atomic E-state index is 12.7. The zero-order valence-corrected chi connectivity index (χ0v) is 16.4. The summed E-state index contributed by atoms with van der Waals surface area (Å²) in [5.74, 6) is -0.903. The smallest absolute Gasteiger partial charge is 0.255 e. The van der Waals surface area contributed by atoms with Gasteiger partial charge in [-0.05, 0) is 25.0 Å². The number of hydrogen-bond acceptors (Lipinski definition) is 5. The predicted octanol–water partition coefficient (Wildman–Crippen LogP) is 1.88. The number of pyridine rings is 1. The van der Waals surface area contributed by atoms with Crippen LogP contribution in [0.3, 0.4) is 0 Å². The topological polar surface area (TPSA) is 79.8 Å². The number of piperidine rings is 1. The van der Waals surface area contributed by atoms with Crippen LogP contribution in [0.15, 0.2) is 23.2 Å². The Bertz CT molecular complexity index is 743. The molecule has 1 aliphatic heterocycles. The molecule has 152 valence electrons. The van der Waals surface area contributed by atoms with Crippen molar-refractivity contribution in [3.8, 4) is 0 Å². The van der Waals surface area contributed by atoms with Crippen molar-refractivity contribution in [3.05, 3.63) is 23.5 Å². The van der Waals surface area contributed by atoms with Gasteiger partial charge in [-0.15, -0.1) is 0 Å². The number of aromatic nitrogens is 1. The van der Waals surface area contributed by atoms with Crippen LogP contribution in [0.25, 0.3) is 0 Å². The molecule has 27 heavy (non-hydrogen) atoms. The van der Waals surface area contributed by atoms with Crippen LogP contribution in [0.5, 0.6) is 0 Å². The molecule has 0 radical (unpaired) electrons. The van der Waals surface area contributed by atoms with Gasteiger partial charge in [0, 0.05) is 38.9 Å². The van der Waals surface area contributed by atoms with E-state index in [0.29, 0.717) is 0 Å². The highest BCUT2D eigenvalue weighted by Crippen LogP contribution is 2.27. The third kappa shape index (κ3) is 5.56. The maximum Gasteiger partial charge on any atom is 0.255 e. The molecule has 2 rings (SSSR count). The zero-order chi connectivity index (χ0) is 20.0. The van der Waals surface area contributed by atoms with Crippen molar-refractivity contribution < 1.29 is 26.7 Å². The van der Waals surface area contributed by atoms with Crippen molar-refractivity contribution in [1.82, 2.24) is 14.2 Å². The molecule has 0 bridgehead atoms. The largest absolute Gasteiger partial charge is 0.383 e. The van der Waals surface area contributed by atoms with E-state index >= 15 is 0 Å². The fraction of sp³-hybridized carbons (Fsp3) is 0.625. The lowest BCUT2D eigenvalue weighted by Gasteiger charge is -2.33. The van der Waals surface area contributed by atoms with Gasteiger partial charge in [-0.1, -0.05) is 11.6 Å². The summed E-state index contributed by atoms with van der Waals surface area (Å²) in [6, 6.07) is 2.85. The van der Waals surface area contributed by atoms with E-state index in [4.69, 9.17) is 16.3 Å². The summed E-state index contributed by atoms with van der Waals surface area (Å²) in [5.41, 5.74) is 0. The van der Waals surface area contributed by atoms with E-state index in [1.807, 2.05) is 0 Å². The normalized spacial score (nSPS) is 16.6. The molecule has 1 amide bonds. The summed E-state index contributed by atoms with van der Waals surface area (Å²) in [7, 11) is -2.39. The molecule has 1 saturated heterocycles. The van der Waals surface area contributed by atoms with Gasteiger partial charge in [0.05, 0.1) is 13.2 Å². The summed E-state index contributed by atoms with van der Waals surface area (Å²) >= 11 is 5.88. The Kier molecular flexibility index (Phi) is 7.90. The van der Waals surface area contributed by atoms with Gasteiger partial charge in [-0.2, -0.15) is 4.31 Å². The van der Waals surface area contributed by atoms with Gasteiger partial charge < -0.3 is 9.64 Å². The van der Waals surface area contributed by atoms with Crippen LogP contribution >= 0.6 is 11.6 Å². The Morgan fingerprint density at radius 3 is 2.67 bits per heavy atom. The van der Waals surface area contributed by atoms with Gasteiger partial charge in [0.25, 0.3) is 6.43 Å². The Hall–Kier alpha value is -1.36. The van der Waals surface area contributed by atoms with E-state index < -0.39 is 34.8 Å². The monoisotopic (exact) mass is 425 g/mol. The van der Waals surface area contributed by atoms with Crippen molar-refractivity contribution >= 4 is 27.5 Å². The minimum Gasteiger partial charge on any atom is -0.383 e. The van der Waals surface area contributed by atoms with Crippen LogP contribution in [0, 0.1) is 5.92 Å². The molecular weight excluding hydrogens is 404 g/mol. The summed E-state index contributed by atoms with van der Waals surface area (Å²) in [6.45, 7) is -0.214. The average molecular weight is 426 g/mol. The van der Waals surface area contributed by atoms with Gasteiger partial charge in [-0.3, -0.25) is 4.79 Å². The maximum absolute atomic E-state index is 12.7. The number of methoxy groups -OCH3 is 1. The molecule has 7 nitrogen and oxygen atoms in total. The van der Waals surface area contributed by atoms with Crippen LogP contribution in [-0.4, -0.2) is 74.8 Å². The summed E-state index contributed by atoms with van der Waals surface area (Å²) in [5, 5.41) is -0.113. The molecule has 1 fully saturated rings. The lowest BCUT2D eigenvalue weighted by molar-refractivity contribution is -0.139. The number of rotatable bonds is 8. The Morgan fingerprint density at radius 2 is 2.11 bits per heavy atom. The van der Waals surface area contributed by atoms with Crippen LogP contribution < -0.4 is 0 Å². The highest BCUT2D eigenvalue weighted by molar-refractivity contribution is 7.89. The number of hydrogen-bond donors (Lipinski definition) is 0. The van der Waals surface area contributed by atoms with Crippen LogP contribution in [0.2, 0.25) is 5.15 Å². The Balaban J connectivity index is 2.03. The minimum absolute atomic E-state index is 0.0729. The molecule has 0 unspecified atom stereocenters. The van der Waals surface area contributed by atoms with Gasteiger partial charge in [0.15, 0.2) is 0 Å². The molecule has 1 aromatic heterocycles. The summed E-state index contributed by atoms with van der Waals surface area (Å²) in [4.78, 5) is 17.3. The van der Waals surface area contributed by atoms with E-state index in [-0.39, 0.29) is 49.1 Å². The van der Waals surface area contributed by atoms with Crippen LogP contribution in [0.4, 0.5) is 8.78 Å². The van der Waals surface area contributed by atoms with E-state index in [1.165, 1.54) is 29.7 Å². The fourth-order valence-electron chi connectivity index (χ4n) is 2.96. The van der Waals surface area contributed by atoms with Crippen molar-refractivity contribution in [3.63, 3.8) is 0 Å². The number of alkyl halides is 2. The number of nitrogens with zero attached hydrogens (tertiary/aromatic N) is 3. The van der Waals surface area contributed by atoms with Gasteiger partial charge in [0.2, 0.25) is 15.9 Å². The lowest BCUT2D eigenvalue weighted by Crippen LogP contribution is -2.46.